The van der Waals surface area contributed by atoms with Crippen LogP contribution in [0, 0.1) is 0 Å². The zero-order valence-corrected chi connectivity index (χ0v) is 16.6. The predicted molar refractivity (Wildman–Crippen MR) is 103 cm³/mol. The third kappa shape index (κ3) is 5.48. The molecular formula is C18H24N4O4S. The first kappa shape index (κ1) is 20.8. The molecule has 0 radical (unpaired) electrons. The smallest absolute Gasteiger partial charge is 0.276 e. The number of benzene rings is 1. The van der Waals surface area contributed by atoms with Crippen molar-refractivity contribution >= 4 is 21.6 Å². The first-order chi connectivity index (χ1) is 12.5. The van der Waals surface area contributed by atoms with Crippen LogP contribution in [0.2, 0.25) is 0 Å². The zero-order chi connectivity index (χ0) is 20.2. The van der Waals surface area contributed by atoms with Crippen molar-refractivity contribution in [2.75, 3.05) is 5.32 Å². The number of carbonyl (C=O) groups excluding carboxylic acids is 1. The lowest BCUT2D eigenvalue weighted by Gasteiger charge is -2.21. The molecule has 1 aromatic heterocycles. The summed E-state index contributed by atoms with van der Waals surface area (Å²) in [5.74, 6) is -0.599. The summed E-state index contributed by atoms with van der Waals surface area (Å²) in [6, 6.07) is 8.69. The first-order valence-electron chi connectivity index (χ1n) is 8.56. The molecule has 0 saturated carbocycles. The van der Waals surface area contributed by atoms with Crippen LogP contribution in [0.3, 0.4) is 0 Å². The van der Waals surface area contributed by atoms with Gasteiger partial charge in [0.05, 0.1) is 5.69 Å². The van der Waals surface area contributed by atoms with Crippen LogP contribution in [0.5, 0.6) is 0 Å². The number of aromatic nitrogens is 2. The van der Waals surface area contributed by atoms with Crippen LogP contribution in [0.4, 0.5) is 5.69 Å². The van der Waals surface area contributed by atoms with Crippen molar-refractivity contribution in [3.8, 4) is 0 Å². The Hall–Kier alpha value is -2.52. The van der Waals surface area contributed by atoms with Gasteiger partial charge in [-0.3, -0.25) is 9.59 Å². The molecule has 146 valence electrons. The quantitative estimate of drug-likeness (QED) is 0.781. The normalized spacial score (nSPS) is 12.0. The summed E-state index contributed by atoms with van der Waals surface area (Å²) in [4.78, 5) is 24.2. The number of nitrogens with one attached hydrogen (secondary N) is 2. The van der Waals surface area contributed by atoms with Crippen LogP contribution < -0.4 is 15.6 Å². The van der Waals surface area contributed by atoms with Crippen molar-refractivity contribution < 1.29 is 13.2 Å². The number of amides is 1. The fraction of sp³-hybridized carbons (Fsp3) is 0.389. The van der Waals surface area contributed by atoms with Gasteiger partial charge in [0.15, 0.2) is 0 Å². The highest BCUT2D eigenvalue weighted by atomic mass is 32.2. The van der Waals surface area contributed by atoms with Crippen molar-refractivity contribution in [1.29, 1.82) is 0 Å². The molecule has 0 saturated heterocycles. The van der Waals surface area contributed by atoms with E-state index >= 15 is 0 Å². The van der Waals surface area contributed by atoms with Gasteiger partial charge >= 0.3 is 0 Å². The fourth-order valence-corrected chi connectivity index (χ4v) is 3.97. The van der Waals surface area contributed by atoms with Crippen molar-refractivity contribution in [3.63, 3.8) is 0 Å². The molecule has 0 spiro atoms. The van der Waals surface area contributed by atoms with E-state index in [0.29, 0.717) is 13.0 Å². The van der Waals surface area contributed by atoms with Gasteiger partial charge in [0.1, 0.15) is 10.6 Å². The Morgan fingerprint density at radius 1 is 1.15 bits per heavy atom. The lowest BCUT2D eigenvalue weighted by molar-refractivity contribution is 0.101. The Kier molecular flexibility index (Phi) is 6.17. The standard InChI is InChI=1S/C18H24N4O4S/c1-5-12-22-16(23)11-10-14(20-22)17(24)19-13-8-6-7-9-15(13)27(25,26)21-18(2,3)4/h6-11,21H,5,12H2,1-4H3,(H,19,24). The average Bonchev–Trinajstić information content (AvgIpc) is 2.55. The molecule has 2 aromatic rings. The maximum atomic E-state index is 12.6. The van der Waals surface area contributed by atoms with E-state index in [-0.39, 0.29) is 21.8 Å². The number of sulfonamides is 1. The Labute approximate surface area is 158 Å². The third-order valence-corrected chi connectivity index (χ3v) is 5.22. The summed E-state index contributed by atoms with van der Waals surface area (Å²) < 4.78 is 29.1. The van der Waals surface area contributed by atoms with Crippen LogP contribution in [-0.2, 0) is 16.6 Å². The minimum atomic E-state index is -3.84. The first-order valence-corrected chi connectivity index (χ1v) is 10.0. The van der Waals surface area contributed by atoms with Gasteiger partial charge in [-0.15, -0.1) is 0 Å². The topological polar surface area (TPSA) is 110 Å². The summed E-state index contributed by atoms with van der Waals surface area (Å²) in [5.41, 5.74) is -0.813. The highest BCUT2D eigenvalue weighted by molar-refractivity contribution is 7.89. The van der Waals surface area contributed by atoms with Gasteiger partial charge in [-0.2, -0.15) is 5.10 Å². The number of aryl methyl sites for hydroxylation is 1. The van der Waals surface area contributed by atoms with Gasteiger partial charge in [-0.05, 0) is 45.4 Å². The van der Waals surface area contributed by atoms with E-state index in [2.05, 4.69) is 15.1 Å². The van der Waals surface area contributed by atoms with Gasteiger partial charge in [-0.1, -0.05) is 19.1 Å². The number of rotatable bonds is 6. The monoisotopic (exact) mass is 392 g/mol. The second-order valence-corrected chi connectivity index (χ2v) is 8.74. The SMILES string of the molecule is CCCn1nc(C(=O)Nc2ccccc2S(=O)(=O)NC(C)(C)C)ccc1=O. The molecule has 0 aliphatic carbocycles. The lowest BCUT2D eigenvalue weighted by atomic mass is 10.1. The molecule has 0 atom stereocenters. The molecule has 1 heterocycles. The van der Waals surface area contributed by atoms with E-state index in [0.717, 1.165) is 0 Å². The van der Waals surface area contributed by atoms with E-state index < -0.39 is 21.5 Å². The molecule has 2 N–H and O–H groups in total. The van der Waals surface area contributed by atoms with E-state index in [9.17, 15) is 18.0 Å². The minimum absolute atomic E-state index is 0.0269. The molecule has 0 bridgehead atoms. The number of hydrogen-bond acceptors (Lipinski definition) is 5. The average molecular weight is 392 g/mol. The molecule has 0 unspecified atom stereocenters. The number of nitrogens with zero attached hydrogens (tertiary/aromatic N) is 2. The summed E-state index contributed by atoms with van der Waals surface area (Å²) in [6.45, 7) is 7.47. The Bertz CT molecular complexity index is 991. The van der Waals surface area contributed by atoms with Gasteiger partial charge in [0, 0.05) is 18.2 Å². The zero-order valence-electron chi connectivity index (χ0n) is 15.8. The Morgan fingerprint density at radius 3 is 2.44 bits per heavy atom. The van der Waals surface area contributed by atoms with Crippen molar-refractivity contribution in [2.24, 2.45) is 0 Å². The number of carbonyl (C=O) groups is 1. The van der Waals surface area contributed by atoms with Crippen LogP contribution in [0.15, 0.2) is 46.1 Å². The minimum Gasteiger partial charge on any atom is -0.319 e. The highest BCUT2D eigenvalue weighted by Crippen LogP contribution is 2.22. The number of para-hydroxylation sites is 1. The van der Waals surface area contributed by atoms with E-state index in [4.69, 9.17) is 0 Å². The largest absolute Gasteiger partial charge is 0.319 e. The van der Waals surface area contributed by atoms with Gasteiger partial charge in [-0.25, -0.2) is 17.8 Å². The number of anilines is 1. The fourth-order valence-electron chi connectivity index (χ4n) is 2.39. The molecule has 9 heteroatoms. The third-order valence-electron chi connectivity index (χ3n) is 3.40. The van der Waals surface area contributed by atoms with Crippen LogP contribution in [-0.4, -0.2) is 29.6 Å². The van der Waals surface area contributed by atoms with Gasteiger partial charge in [0.2, 0.25) is 10.0 Å². The summed E-state index contributed by atoms with van der Waals surface area (Å²) in [7, 11) is -3.84. The maximum Gasteiger partial charge on any atom is 0.276 e. The molecule has 0 aliphatic rings. The summed E-state index contributed by atoms with van der Waals surface area (Å²) >= 11 is 0. The predicted octanol–water partition coefficient (Wildman–Crippen LogP) is 1.98. The maximum absolute atomic E-state index is 12.6. The Balaban J connectivity index is 2.35. The number of hydrogen-bond donors (Lipinski definition) is 2. The molecule has 1 aromatic carbocycles. The van der Waals surface area contributed by atoms with Crippen LogP contribution >= 0.6 is 0 Å². The van der Waals surface area contributed by atoms with Crippen molar-refractivity contribution in [2.45, 2.75) is 51.1 Å². The van der Waals surface area contributed by atoms with E-state index in [1.54, 1.807) is 32.9 Å². The molecule has 8 nitrogen and oxygen atoms in total. The van der Waals surface area contributed by atoms with Crippen LogP contribution in [0.25, 0.3) is 0 Å². The van der Waals surface area contributed by atoms with Gasteiger partial charge in [0.25, 0.3) is 11.5 Å². The van der Waals surface area contributed by atoms with E-state index in [1.807, 2.05) is 6.92 Å². The molecule has 27 heavy (non-hydrogen) atoms. The molecular weight excluding hydrogens is 368 g/mol. The Morgan fingerprint density at radius 2 is 1.81 bits per heavy atom. The second kappa shape index (κ2) is 8.01. The highest BCUT2D eigenvalue weighted by Gasteiger charge is 2.25. The molecule has 0 fully saturated rings. The summed E-state index contributed by atoms with van der Waals surface area (Å²) in [5, 5.41) is 6.61. The van der Waals surface area contributed by atoms with Gasteiger partial charge < -0.3 is 5.32 Å². The molecule has 1 amide bonds. The molecule has 2 rings (SSSR count). The lowest BCUT2D eigenvalue weighted by Crippen LogP contribution is -2.40. The molecule has 0 aliphatic heterocycles. The van der Waals surface area contributed by atoms with Crippen molar-refractivity contribution in [3.05, 3.63) is 52.4 Å². The summed E-state index contributed by atoms with van der Waals surface area (Å²) in [6.07, 6.45) is 0.692. The van der Waals surface area contributed by atoms with Crippen LogP contribution in [0.1, 0.15) is 44.6 Å². The van der Waals surface area contributed by atoms with Crippen molar-refractivity contribution in [1.82, 2.24) is 14.5 Å². The second-order valence-electron chi connectivity index (χ2n) is 7.09. The van der Waals surface area contributed by atoms with E-state index in [1.165, 1.54) is 28.9 Å².